The van der Waals surface area contributed by atoms with Crippen molar-refractivity contribution in [1.29, 1.82) is 0 Å². The molecule has 0 aliphatic carbocycles. The standard InChI is InChI=1S/C18H28N2O3/c1-14(2)23-17-7-5-15(6-8-17)13-20-11-9-16(10-12-20)19(3)18(21)22-4/h5-8,14,16H,9-13H2,1-4H3. The average Bonchev–Trinajstić information content (AvgIpc) is 2.55. The number of amides is 1. The van der Waals surface area contributed by atoms with E-state index < -0.39 is 0 Å². The summed E-state index contributed by atoms with van der Waals surface area (Å²) in [5, 5.41) is 0. The summed E-state index contributed by atoms with van der Waals surface area (Å²) in [7, 11) is 3.25. The predicted octanol–water partition coefficient (Wildman–Crippen LogP) is 3.14. The van der Waals surface area contributed by atoms with Gasteiger partial charge in [0.2, 0.25) is 0 Å². The molecular weight excluding hydrogens is 292 g/mol. The van der Waals surface area contributed by atoms with Crippen LogP contribution in [0.1, 0.15) is 32.3 Å². The molecule has 1 amide bonds. The van der Waals surface area contributed by atoms with E-state index in [9.17, 15) is 4.79 Å². The van der Waals surface area contributed by atoms with E-state index in [0.717, 1.165) is 38.2 Å². The van der Waals surface area contributed by atoms with Crippen LogP contribution in [0.15, 0.2) is 24.3 Å². The van der Waals surface area contributed by atoms with Crippen molar-refractivity contribution >= 4 is 6.09 Å². The minimum Gasteiger partial charge on any atom is -0.491 e. The maximum absolute atomic E-state index is 11.6. The normalized spacial score (nSPS) is 16.4. The van der Waals surface area contributed by atoms with Gasteiger partial charge in [-0.1, -0.05) is 12.1 Å². The molecule has 0 aromatic heterocycles. The zero-order valence-electron chi connectivity index (χ0n) is 14.6. The number of methoxy groups -OCH3 is 1. The highest BCUT2D eigenvalue weighted by molar-refractivity contribution is 5.67. The molecular formula is C18H28N2O3. The molecule has 0 radical (unpaired) electrons. The molecule has 5 heteroatoms. The Morgan fingerprint density at radius 1 is 1.26 bits per heavy atom. The highest BCUT2D eigenvalue weighted by Crippen LogP contribution is 2.20. The van der Waals surface area contributed by atoms with Gasteiger partial charge in [0.15, 0.2) is 0 Å². The van der Waals surface area contributed by atoms with Gasteiger partial charge in [0.1, 0.15) is 5.75 Å². The SMILES string of the molecule is COC(=O)N(C)C1CCN(Cc2ccc(OC(C)C)cc2)CC1. The Labute approximate surface area is 139 Å². The van der Waals surface area contributed by atoms with Crippen LogP contribution < -0.4 is 4.74 Å². The summed E-state index contributed by atoms with van der Waals surface area (Å²) >= 11 is 0. The highest BCUT2D eigenvalue weighted by atomic mass is 16.5. The molecule has 2 rings (SSSR count). The fourth-order valence-electron chi connectivity index (χ4n) is 2.96. The molecule has 1 aromatic carbocycles. The van der Waals surface area contributed by atoms with E-state index in [2.05, 4.69) is 17.0 Å². The lowest BCUT2D eigenvalue weighted by Gasteiger charge is -2.36. The van der Waals surface area contributed by atoms with E-state index in [1.54, 1.807) is 4.90 Å². The monoisotopic (exact) mass is 320 g/mol. The molecule has 1 heterocycles. The minimum absolute atomic E-state index is 0.201. The molecule has 1 saturated heterocycles. The van der Waals surface area contributed by atoms with Gasteiger partial charge in [-0.05, 0) is 44.4 Å². The number of likely N-dealkylation sites (tertiary alicyclic amines) is 1. The molecule has 0 bridgehead atoms. The van der Waals surface area contributed by atoms with Crippen molar-refractivity contribution in [1.82, 2.24) is 9.80 Å². The number of hydrogen-bond acceptors (Lipinski definition) is 4. The third-order valence-corrected chi connectivity index (χ3v) is 4.27. The maximum atomic E-state index is 11.6. The number of carbonyl (C=O) groups is 1. The van der Waals surface area contributed by atoms with Crippen molar-refractivity contribution in [3.05, 3.63) is 29.8 Å². The van der Waals surface area contributed by atoms with Gasteiger partial charge in [-0.2, -0.15) is 0 Å². The van der Waals surface area contributed by atoms with E-state index in [1.165, 1.54) is 12.7 Å². The third kappa shape index (κ3) is 5.13. The zero-order chi connectivity index (χ0) is 16.8. The summed E-state index contributed by atoms with van der Waals surface area (Å²) in [6, 6.07) is 8.61. The van der Waals surface area contributed by atoms with Crippen LogP contribution in [-0.4, -0.2) is 55.3 Å². The number of hydrogen-bond donors (Lipinski definition) is 0. The van der Waals surface area contributed by atoms with E-state index in [1.807, 2.05) is 33.0 Å². The first-order valence-electron chi connectivity index (χ1n) is 8.28. The van der Waals surface area contributed by atoms with Crippen molar-refractivity contribution in [2.75, 3.05) is 27.2 Å². The van der Waals surface area contributed by atoms with E-state index >= 15 is 0 Å². The van der Waals surface area contributed by atoms with Gasteiger partial charge in [0.05, 0.1) is 13.2 Å². The van der Waals surface area contributed by atoms with Crippen molar-refractivity contribution in [2.45, 2.75) is 45.4 Å². The van der Waals surface area contributed by atoms with Gasteiger partial charge in [-0.15, -0.1) is 0 Å². The van der Waals surface area contributed by atoms with Crippen LogP contribution in [-0.2, 0) is 11.3 Å². The summed E-state index contributed by atoms with van der Waals surface area (Å²) < 4.78 is 10.5. The van der Waals surface area contributed by atoms with Crippen LogP contribution in [0.2, 0.25) is 0 Å². The molecule has 0 N–H and O–H groups in total. The molecule has 1 aliphatic heterocycles. The fraction of sp³-hybridized carbons (Fsp3) is 0.611. The Balaban J connectivity index is 1.81. The van der Waals surface area contributed by atoms with Crippen LogP contribution in [0.3, 0.4) is 0 Å². The lowest BCUT2D eigenvalue weighted by molar-refractivity contribution is 0.0896. The molecule has 23 heavy (non-hydrogen) atoms. The van der Waals surface area contributed by atoms with Gasteiger partial charge in [-0.3, -0.25) is 4.90 Å². The number of piperidine rings is 1. The van der Waals surface area contributed by atoms with E-state index in [4.69, 9.17) is 9.47 Å². The van der Waals surface area contributed by atoms with Gasteiger partial charge in [-0.25, -0.2) is 4.79 Å². The number of carbonyl (C=O) groups excluding carboxylic acids is 1. The van der Waals surface area contributed by atoms with Gasteiger partial charge < -0.3 is 14.4 Å². The van der Waals surface area contributed by atoms with Crippen LogP contribution in [0.5, 0.6) is 5.75 Å². The lowest BCUT2D eigenvalue weighted by Crippen LogP contribution is -2.45. The molecule has 1 aliphatic rings. The Bertz CT molecular complexity index is 493. The molecule has 0 atom stereocenters. The van der Waals surface area contributed by atoms with Gasteiger partial charge in [0, 0.05) is 32.7 Å². The second-order valence-electron chi connectivity index (χ2n) is 6.40. The Morgan fingerprint density at radius 2 is 1.87 bits per heavy atom. The smallest absolute Gasteiger partial charge is 0.409 e. The number of benzene rings is 1. The first-order chi connectivity index (χ1) is 11.0. The lowest BCUT2D eigenvalue weighted by atomic mass is 10.0. The van der Waals surface area contributed by atoms with Gasteiger partial charge in [0.25, 0.3) is 0 Å². The average molecular weight is 320 g/mol. The topological polar surface area (TPSA) is 42.0 Å². The second-order valence-corrected chi connectivity index (χ2v) is 6.40. The summed E-state index contributed by atoms with van der Waals surface area (Å²) in [6.07, 6.45) is 1.93. The quantitative estimate of drug-likeness (QED) is 0.836. The first-order valence-corrected chi connectivity index (χ1v) is 8.28. The third-order valence-electron chi connectivity index (χ3n) is 4.27. The number of rotatable bonds is 5. The van der Waals surface area contributed by atoms with Crippen LogP contribution in [0, 0.1) is 0 Å². The van der Waals surface area contributed by atoms with Crippen molar-refractivity contribution in [3.8, 4) is 5.75 Å². The van der Waals surface area contributed by atoms with Crippen LogP contribution in [0.4, 0.5) is 4.79 Å². The van der Waals surface area contributed by atoms with Crippen molar-refractivity contribution < 1.29 is 14.3 Å². The van der Waals surface area contributed by atoms with Crippen molar-refractivity contribution in [3.63, 3.8) is 0 Å². The Hall–Kier alpha value is -1.75. The van der Waals surface area contributed by atoms with Crippen LogP contribution >= 0.6 is 0 Å². The van der Waals surface area contributed by atoms with Gasteiger partial charge >= 0.3 is 6.09 Å². The molecule has 0 spiro atoms. The van der Waals surface area contributed by atoms with E-state index in [-0.39, 0.29) is 18.2 Å². The number of ether oxygens (including phenoxy) is 2. The molecule has 0 saturated carbocycles. The minimum atomic E-state index is -0.246. The zero-order valence-corrected chi connectivity index (χ0v) is 14.6. The molecule has 5 nitrogen and oxygen atoms in total. The molecule has 0 unspecified atom stereocenters. The molecule has 1 aromatic rings. The van der Waals surface area contributed by atoms with Crippen LogP contribution in [0.25, 0.3) is 0 Å². The summed E-state index contributed by atoms with van der Waals surface area (Å²) in [5.41, 5.74) is 1.29. The summed E-state index contributed by atoms with van der Waals surface area (Å²) in [6.45, 7) is 7.00. The first kappa shape index (κ1) is 17.6. The Morgan fingerprint density at radius 3 is 2.39 bits per heavy atom. The molecule has 1 fully saturated rings. The van der Waals surface area contributed by atoms with E-state index in [0.29, 0.717) is 0 Å². The number of nitrogens with zero attached hydrogens (tertiary/aromatic N) is 2. The fourth-order valence-corrected chi connectivity index (χ4v) is 2.96. The largest absolute Gasteiger partial charge is 0.491 e. The summed E-state index contributed by atoms with van der Waals surface area (Å²) in [4.78, 5) is 15.7. The molecule has 128 valence electrons. The predicted molar refractivity (Wildman–Crippen MR) is 90.7 cm³/mol. The second kappa shape index (κ2) is 8.20. The Kier molecular flexibility index (Phi) is 6.28. The maximum Gasteiger partial charge on any atom is 0.409 e. The highest BCUT2D eigenvalue weighted by Gasteiger charge is 2.25. The van der Waals surface area contributed by atoms with Crippen molar-refractivity contribution in [2.24, 2.45) is 0 Å². The summed E-state index contributed by atoms with van der Waals surface area (Å²) in [5.74, 6) is 0.919.